The molecular formula is C29H36O5. The number of allylic oxidation sites excluding steroid dienone is 1. The number of phenolic OH excluding ortho intramolecular Hbond substituents is 1. The second-order valence-electron chi connectivity index (χ2n) is 9.73. The van der Waals surface area contributed by atoms with Crippen molar-refractivity contribution in [3.05, 3.63) is 64.7 Å². The Bertz CT molecular complexity index is 1010. The van der Waals surface area contributed by atoms with Gasteiger partial charge in [-0.05, 0) is 93.4 Å². The lowest BCUT2D eigenvalue weighted by molar-refractivity contribution is 0.0307. The fourth-order valence-electron chi connectivity index (χ4n) is 4.96. The van der Waals surface area contributed by atoms with Crippen LogP contribution in [0.5, 0.6) is 11.5 Å². The predicted molar refractivity (Wildman–Crippen MR) is 133 cm³/mol. The Kier molecular flexibility index (Phi) is 8.28. The van der Waals surface area contributed by atoms with Crippen LogP contribution >= 0.6 is 0 Å². The molecule has 2 aliphatic rings. The molecule has 1 aliphatic carbocycles. The van der Waals surface area contributed by atoms with Gasteiger partial charge in [0.25, 0.3) is 0 Å². The number of ether oxygens (including phenoxy) is 2. The standard InChI is InChI=1S/C29H36O5/c1-20-8-7-13-25(30)12-4-2-3-11-24-17-26(18-27(31)28(24)29(32)34-20)33-19-21-14-15-22-9-5-6-10-23(22)16-21/h3,5-6,9-11,17-18,20-21,25,30-31H,2,4,7-8,12-16,19H2,1H3/b11-3+/t20-,21?,25-/m0/s1. The Labute approximate surface area is 202 Å². The van der Waals surface area contributed by atoms with E-state index in [0.29, 0.717) is 36.7 Å². The molecule has 182 valence electrons. The lowest BCUT2D eigenvalue weighted by atomic mass is 9.84. The van der Waals surface area contributed by atoms with Gasteiger partial charge in [0.15, 0.2) is 0 Å². The largest absolute Gasteiger partial charge is 0.507 e. The Morgan fingerprint density at radius 2 is 1.85 bits per heavy atom. The van der Waals surface area contributed by atoms with E-state index in [4.69, 9.17) is 9.47 Å². The molecule has 4 rings (SSSR count). The maximum atomic E-state index is 12.9. The smallest absolute Gasteiger partial charge is 0.342 e. The molecule has 5 heteroatoms. The van der Waals surface area contributed by atoms with Gasteiger partial charge in [-0.25, -0.2) is 4.79 Å². The van der Waals surface area contributed by atoms with Gasteiger partial charge in [0.05, 0.1) is 18.8 Å². The van der Waals surface area contributed by atoms with Crippen molar-refractivity contribution in [3.8, 4) is 11.5 Å². The zero-order chi connectivity index (χ0) is 23.9. The summed E-state index contributed by atoms with van der Waals surface area (Å²) in [5.41, 5.74) is 3.59. The van der Waals surface area contributed by atoms with E-state index in [1.807, 2.05) is 25.1 Å². The molecule has 0 fully saturated rings. The Hall–Kier alpha value is -2.79. The van der Waals surface area contributed by atoms with Crippen LogP contribution in [0.25, 0.3) is 6.08 Å². The van der Waals surface area contributed by atoms with Crippen LogP contribution in [0.15, 0.2) is 42.5 Å². The van der Waals surface area contributed by atoms with Crippen molar-refractivity contribution in [2.24, 2.45) is 5.92 Å². The highest BCUT2D eigenvalue weighted by Gasteiger charge is 2.23. The SMILES string of the molecule is C[C@H]1CCC[C@@H](O)CCC/C=C/c2cc(OCC3CCc4ccccc4C3)cc(O)c2C(=O)O1. The summed E-state index contributed by atoms with van der Waals surface area (Å²) in [7, 11) is 0. The fraction of sp³-hybridized carbons (Fsp3) is 0.483. The summed E-state index contributed by atoms with van der Waals surface area (Å²) in [6.07, 6.45) is 10.9. The van der Waals surface area contributed by atoms with E-state index in [-0.39, 0.29) is 23.5 Å². The Balaban J connectivity index is 1.50. The van der Waals surface area contributed by atoms with Gasteiger partial charge in [-0.2, -0.15) is 0 Å². The minimum atomic E-state index is -0.530. The molecule has 2 aromatic carbocycles. The molecule has 2 aromatic rings. The van der Waals surface area contributed by atoms with E-state index < -0.39 is 5.97 Å². The maximum Gasteiger partial charge on any atom is 0.342 e. The molecule has 0 aromatic heterocycles. The van der Waals surface area contributed by atoms with Crippen LogP contribution in [0.1, 0.15) is 78.9 Å². The topological polar surface area (TPSA) is 76.0 Å². The first-order valence-electron chi connectivity index (χ1n) is 12.6. The average Bonchev–Trinajstić information content (AvgIpc) is 2.81. The van der Waals surface area contributed by atoms with Crippen molar-refractivity contribution >= 4 is 12.0 Å². The molecule has 0 amide bonds. The number of aromatic hydroxyl groups is 1. The molecule has 0 bridgehead atoms. The molecule has 0 radical (unpaired) electrons. The van der Waals surface area contributed by atoms with Crippen molar-refractivity contribution in [2.45, 2.75) is 76.9 Å². The summed E-state index contributed by atoms with van der Waals surface area (Å²) >= 11 is 0. The summed E-state index contributed by atoms with van der Waals surface area (Å²) in [6.45, 7) is 2.41. The quantitative estimate of drug-likeness (QED) is 0.557. The van der Waals surface area contributed by atoms with Crippen LogP contribution in [0.2, 0.25) is 0 Å². The summed E-state index contributed by atoms with van der Waals surface area (Å²) in [4.78, 5) is 12.9. The van der Waals surface area contributed by atoms with Gasteiger partial charge in [-0.3, -0.25) is 0 Å². The van der Waals surface area contributed by atoms with Crippen molar-refractivity contribution in [3.63, 3.8) is 0 Å². The molecule has 0 spiro atoms. The van der Waals surface area contributed by atoms with E-state index in [0.717, 1.165) is 44.9 Å². The van der Waals surface area contributed by atoms with Crippen LogP contribution in [-0.4, -0.2) is 35.0 Å². The number of aryl methyl sites for hydroxylation is 1. The Morgan fingerprint density at radius 3 is 2.71 bits per heavy atom. The summed E-state index contributed by atoms with van der Waals surface area (Å²) in [5.74, 6) is 0.319. The van der Waals surface area contributed by atoms with E-state index in [2.05, 4.69) is 24.3 Å². The number of fused-ring (bicyclic) bond motifs is 2. The average molecular weight is 465 g/mol. The Morgan fingerprint density at radius 1 is 1.06 bits per heavy atom. The van der Waals surface area contributed by atoms with Gasteiger partial charge >= 0.3 is 5.97 Å². The third-order valence-corrected chi connectivity index (χ3v) is 6.92. The van der Waals surface area contributed by atoms with E-state index in [9.17, 15) is 15.0 Å². The van der Waals surface area contributed by atoms with Gasteiger partial charge in [-0.15, -0.1) is 0 Å². The van der Waals surface area contributed by atoms with Gasteiger partial charge in [0.2, 0.25) is 0 Å². The molecule has 34 heavy (non-hydrogen) atoms. The normalized spacial score (nSPS) is 24.8. The molecule has 1 aliphatic heterocycles. The van der Waals surface area contributed by atoms with Gasteiger partial charge in [0.1, 0.15) is 17.1 Å². The lowest BCUT2D eigenvalue weighted by Crippen LogP contribution is -2.21. The first-order chi connectivity index (χ1) is 16.5. The molecule has 0 saturated carbocycles. The van der Waals surface area contributed by atoms with Crippen molar-refractivity contribution in [1.29, 1.82) is 0 Å². The van der Waals surface area contributed by atoms with Crippen LogP contribution < -0.4 is 4.74 Å². The van der Waals surface area contributed by atoms with Gasteiger partial charge < -0.3 is 19.7 Å². The highest BCUT2D eigenvalue weighted by Crippen LogP contribution is 2.32. The molecule has 5 nitrogen and oxygen atoms in total. The highest BCUT2D eigenvalue weighted by molar-refractivity contribution is 5.97. The first-order valence-corrected chi connectivity index (χ1v) is 12.6. The second kappa shape index (κ2) is 11.6. The molecular weight excluding hydrogens is 428 g/mol. The van der Waals surface area contributed by atoms with Crippen LogP contribution in [-0.2, 0) is 17.6 Å². The number of aliphatic hydroxyl groups is 1. The molecule has 3 atom stereocenters. The van der Waals surface area contributed by atoms with Gasteiger partial charge in [-0.1, -0.05) is 36.4 Å². The number of phenols is 1. The maximum absolute atomic E-state index is 12.9. The molecule has 1 unspecified atom stereocenters. The van der Waals surface area contributed by atoms with E-state index in [1.165, 1.54) is 17.2 Å². The number of rotatable bonds is 3. The number of hydrogen-bond donors (Lipinski definition) is 2. The second-order valence-corrected chi connectivity index (χ2v) is 9.73. The van der Waals surface area contributed by atoms with Crippen molar-refractivity contribution in [2.75, 3.05) is 6.61 Å². The van der Waals surface area contributed by atoms with E-state index in [1.54, 1.807) is 0 Å². The minimum absolute atomic E-state index is 0.120. The lowest BCUT2D eigenvalue weighted by Gasteiger charge is -2.25. The minimum Gasteiger partial charge on any atom is -0.507 e. The summed E-state index contributed by atoms with van der Waals surface area (Å²) in [6, 6.07) is 11.9. The van der Waals surface area contributed by atoms with Crippen molar-refractivity contribution < 1.29 is 24.5 Å². The van der Waals surface area contributed by atoms with Crippen LogP contribution in [0.4, 0.5) is 0 Å². The first kappa shape index (κ1) is 24.3. The molecule has 2 N–H and O–H groups in total. The molecule has 1 heterocycles. The predicted octanol–water partition coefficient (Wildman–Crippen LogP) is 5.85. The zero-order valence-electron chi connectivity index (χ0n) is 20.0. The number of esters is 1. The molecule has 0 saturated heterocycles. The zero-order valence-corrected chi connectivity index (χ0v) is 20.0. The van der Waals surface area contributed by atoms with Gasteiger partial charge in [0, 0.05) is 6.07 Å². The number of hydrogen-bond acceptors (Lipinski definition) is 5. The van der Waals surface area contributed by atoms with Crippen molar-refractivity contribution in [1.82, 2.24) is 0 Å². The third-order valence-electron chi connectivity index (χ3n) is 6.92. The summed E-state index contributed by atoms with van der Waals surface area (Å²) < 4.78 is 11.7. The number of aliphatic hydroxyl groups excluding tert-OH is 1. The third kappa shape index (κ3) is 6.41. The monoisotopic (exact) mass is 464 g/mol. The summed E-state index contributed by atoms with van der Waals surface area (Å²) in [5, 5.41) is 20.9. The highest BCUT2D eigenvalue weighted by atomic mass is 16.5. The number of carbonyl (C=O) groups excluding carboxylic acids is 1. The van der Waals surface area contributed by atoms with Crippen LogP contribution in [0.3, 0.4) is 0 Å². The number of benzene rings is 2. The van der Waals surface area contributed by atoms with E-state index >= 15 is 0 Å². The number of carbonyl (C=O) groups is 1. The fourth-order valence-corrected chi connectivity index (χ4v) is 4.96. The van der Waals surface area contributed by atoms with Crippen LogP contribution in [0, 0.1) is 5.92 Å². The number of cyclic esters (lactones) is 1.